The number of unbranched alkanes of at least 4 members (excludes halogenated alkanes) is 3. The van der Waals surface area contributed by atoms with Gasteiger partial charge in [0.2, 0.25) is 0 Å². The topological polar surface area (TPSA) is 98.0 Å². The van der Waals surface area contributed by atoms with Crippen LogP contribution in [0, 0.1) is 17.8 Å². The van der Waals surface area contributed by atoms with Crippen molar-refractivity contribution >= 4 is 5.97 Å². The van der Waals surface area contributed by atoms with Gasteiger partial charge in [0.15, 0.2) is 0 Å². The van der Waals surface area contributed by atoms with E-state index in [1.54, 1.807) is 0 Å². The first-order valence-corrected chi connectivity index (χ1v) is 10.4. The van der Waals surface area contributed by atoms with Gasteiger partial charge in [0.05, 0.1) is 11.7 Å². The summed E-state index contributed by atoms with van der Waals surface area (Å²) in [5.74, 6) is -0.725. The maximum absolute atomic E-state index is 10.6. The summed E-state index contributed by atoms with van der Waals surface area (Å²) < 4.78 is 0. The molecule has 1 aliphatic carbocycles. The van der Waals surface area contributed by atoms with Gasteiger partial charge in [-0.3, -0.25) is 4.79 Å². The molecule has 0 heterocycles. The molecule has 0 aromatic carbocycles. The van der Waals surface area contributed by atoms with E-state index in [1.807, 2.05) is 31.2 Å². The van der Waals surface area contributed by atoms with Gasteiger partial charge >= 0.3 is 5.97 Å². The minimum Gasteiger partial charge on any atom is -0.481 e. The Bertz CT molecular complexity index is 483. The Kier molecular flexibility index (Phi) is 10.9. The summed E-state index contributed by atoms with van der Waals surface area (Å²) in [7, 11) is 0. The lowest BCUT2D eigenvalue weighted by molar-refractivity contribution is -0.137. The van der Waals surface area contributed by atoms with Crippen LogP contribution in [-0.4, -0.2) is 44.7 Å². The lowest BCUT2D eigenvalue weighted by atomic mass is 9.85. The van der Waals surface area contributed by atoms with Crippen molar-refractivity contribution in [1.29, 1.82) is 0 Å². The molecule has 5 nitrogen and oxygen atoms in total. The summed E-state index contributed by atoms with van der Waals surface area (Å²) in [5.41, 5.74) is -0.861. The van der Waals surface area contributed by atoms with E-state index < -0.39 is 17.7 Å². The van der Waals surface area contributed by atoms with Crippen LogP contribution in [0.4, 0.5) is 0 Å². The number of rotatable bonds is 13. The van der Waals surface area contributed by atoms with Crippen molar-refractivity contribution in [2.75, 3.05) is 6.61 Å². The minimum atomic E-state index is -0.861. The van der Waals surface area contributed by atoms with Crippen molar-refractivity contribution in [3.05, 3.63) is 24.3 Å². The van der Waals surface area contributed by atoms with Gasteiger partial charge in [-0.15, -0.1) is 0 Å². The second-order valence-electron chi connectivity index (χ2n) is 8.15. The molecule has 156 valence electrons. The molecule has 0 radical (unpaired) electrons. The third-order valence-electron chi connectivity index (χ3n) is 5.61. The van der Waals surface area contributed by atoms with Crippen LogP contribution in [-0.2, 0) is 4.79 Å². The first kappa shape index (κ1) is 23.9. The highest BCUT2D eigenvalue weighted by Crippen LogP contribution is 2.40. The second-order valence-corrected chi connectivity index (χ2v) is 8.15. The van der Waals surface area contributed by atoms with Crippen LogP contribution in [0.25, 0.3) is 0 Å². The largest absolute Gasteiger partial charge is 0.481 e. The molecule has 5 atom stereocenters. The summed E-state index contributed by atoms with van der Waals surface area (Å²) in [5, 5.41) is 39.3. The molecule has 0 aromatic heterocycles. The zero-order valence-electron chi connectivity index (χ0n) is 16.9. The Hall–Kier alpha value is -1.17. The van der Waals surface area contributed by atoms with Gasteiger partial charge in [0.1, 0.15) is 0 Å². The summed E-state index contributed by atoms with van der Waals surface area (Å²) >= 11 is 0. The Morgan fingerprint density at radius 3 is 2.59 bits per heavy atom. The number of allylic oxidation sites excluding steroid dienone is 3. The molecular formula is C22H38O5. The van der Waals surface area contributed by atoms with Gasteiger partial charge < -0.3 is 20.4 Å². The van der Waals surface area contributed by atoms with E-state index in [0.717, 1.165) is 19.3 Å². The predicted molar refractivity (Wildman–Crippen MR) is 107 cm³/mol. The predicted octanol–water partition coefficient (Wildman–Crippen LogP) is 3.68. The lowest BCUT2D eigenvalue weighted by Crippen LogP contribution is -2.23. The Morgan fingerprint density at radius 2 is 1.96 bits per heavy atom. The highest BCUT2D eigenvalue weighted by Gasteiger charge is 2.40. The van der Waals surface area contributed by atoms with Crippen molar-refractivity contribution < 1.29 is 25.2 Å². The summed E-state index contributed by atoms with van der Waals surface area (Å²) in [4.78, 5) is 10.5. The van der Waals surface area contributed by atoms with E-state index in [9.17, 15) is 20.1 Å². The van der Waals surface area contributed by atoms with Gasteiger partial charge in [-0.05, 0) is 56.8 Å². The van der Waals surface area contributed by atoms with Crippen molar-refractivity contribution in [3.63, 3.8) is 0 Å². The smallest absolute Gasteiger partial charge is 0.303 e. The van der Waals surface area contributed by atoms with Crippen LogP contribution in [0.2, 0.25) is 0 Å². The molecule has 1 rings (SSSR count). The fraction of sp³-hybridized carbons (Fsp3) is 0.773. The van der Waals surface area contributed by atoms with E-state index in [-0.39, 0.29) is 30.8 Å². The quantitative estimate of drug-likeness (QED) is 0.288. The molecule has 0 spiro atoms. The molecule has 5 heteroatoms. The molecule has 0 saturated heterocycles. The van der Waals surface area contributed by atoms with E-state index in [1.165, 1.54) is 0 Å². The molecule has 1 fully saturated rings. The van der Waals surface area contributed by atoms with Gasteiger partial charge in [0.25, 0.3) is 0 Å². The lowest BCUT2D eigenvalue weighted by Gasteiger charge is -2.24. The molecule has 1 saturated carbocycles. The number of carboxylic acids is 1. The summed E-state index contributed by atoms with van der Waals surface area (Å²) in [6.45, 7) is 3.98. The number of aliphatic hydroxyl groups excluding tert-OH is 2. The van der Waals surface area contributed by atoms with E-state index in [0.29, 0.717) is 32.1 Å². The number of aliphatic carboxylic acids is 1. The average Bonchev–Trinajstić information content (AvgIpc) is 2.91. The van der Waals surface area contributed by atoms with E-state index in [2.05, 4.69) is 6.92 Å². The first-order chi connectivity index (χ1) is 12.8. The highest BCUT2D eigenvalue weighted by molar-refractivity contribution is 5.66. The summed E-state index contributed by atoms with van der Waals surface area (Å²) in [6, 6.07) is 0. The standard InChI is InChI=1S/C22H38O5/c1-3-4-9-13-22(2,27)14-12-18-17(16-23)15-20(24)19(18)10-7-5-6-8-11-21(25)26/h5,7,12,14,17-20,23-24,27H,3-4,6,8-11,13,15-16H2,1-2H3,(H,25,26)/b7-5-,14-12+/t17-,18-,19+,20-,22?/m0/s1. The molecule has 1 aliphatic rings. The number of carbonyl (C=O) groups is 1. The molecule has 27 heavy (non-hydrogen) atoms. The Morgan fingerprint density at radius 1 is 1.22 bits per heavy atom. The fourth-order valence-electron chi connectivity index (χ4n) is 3.94. The van der Waals surface area contributed by atoms with Gasteiger partial charge in [0, 0.05) is 13.0 Å². The van der Waals surface area contributed by atoms with Gasteiger partial charge in [-0.1, -0.05) is 50.5 Å². The van der Waals surface area contributed by atoms with Crippen LogP contribution in [0.1, 0.15) is 71.6 Å². The van der Waals surface area contributed by atoms with Crippen LogP contribution < -0.4 is 0 Å². The molecule has 0 aliphatic heterocycles. The highest BCUT2D eigenvalue weighted by atomic mass is 16.4. The number of hydrogen-bond acceptors (Lipinski definition) is 4. The molecule has 0 aromatic rings. The van der Waals surface area contributed by atoms with Crippen LogP contribution in [0.5, 0.6) is 0 Å². The third kappa shape index (κ3) is 9.04. The molecule has 4 N–H and O–H groups in total. The van der Waals surface area contributed by atoms with Crippen molar-refractivity contribution in [3.8, 4) is 0 Å². The first-order valence-electron chi connectivity index (χ1n) is 10.4. The van der Waals surface area contributed by atoms with Gasteiger partial charge in [-0.25, -0.2) is 0 Å². The number of hydrogen-bond donors (Lipinski definition) is 4. The molecule has 1 unspecified atom stereocenters. The van der Waals surface area contributed by atoms with Crippen molar-refractivity contribution in [1.82, 2.24) is 0 Å². The third-order valence-corrected chi connectivity index (χ3v) is 5.61. The second kappa shape index (κ2) is 12.3. The molecular weight excluding hydrogens is 344 g/mol. The monoisotopic (exact) mass is 382 g/mol. The average molecular weight is 383 g/mol. The molecule has 0 amide bonds. The number of aliphatic hydroxyl groups is 3. The van der Waals surface area contributed by atoms with E-state index >= 15 is 0 Å². The fourth-order valence-corrected chi connectivity index (χ4v) is 3.94. The van der Waals surface area contributed by atoms with Crippen LogP contribution in [0.15, 0.2) is 24.3 Å². The Labute approximate surface area is 163 Å². The van der Waals surface area contributed by atoms with Gasteiger partial charge in [-0.2, -0.15) is 0 Å². The van der Waals surface area contributed by atoms with Crippen molar-refractivity contribution in [2.45, 2.75) is 83.3 Å². The summed E-state index contributed by atoms with van der Waals surface area (Å²) in [6.07, 6.45) is 14.0. The zero-order valence-corrected chi connectivity index (χ0v) is 16.9. The maximum atomic E-state index is 10.6. The molecule has 0 bridgehead atoms. The number of carboxylic acid groups (broad SMARTS) is 1. The minimum absolute atomic E-state index is 0.00750. The maximum Gasteiger partial charge on any atom is 0.303 e. The normalized spacial score (nSPS) is 28.2. The van der Waals surface area contributed by atoms with E-state index in [4.69, 9.17) is 5.11 Å². The SMILES string of the molecule is CCCCCC(C)(O)/C=C/[C@H]1[C@H](CO)C[C@H](O)[C@@H]1C/C=C\CCCC(=O)O. The Balaban J connectivity index is 2.64. The van der Waals surface area contributed by atoms with Crippen LogP contribution >= 0.6 is 0 Å². The van der Waals surface area contributed by atoms with Crippen molar-refractivity contribution in [2.24, 2.45) is 17.8 Å². The van der Waals surface area contributed by atoms with Crippen LogP contribution in [0.3, 0.4) is 0 Å². The zero-order chi connectivity index (χ0) is 20.3.